The largest absolute Gasteiger partial charge is 0.481 e. The number of hydrogen-bond donors (Lipinski definition) is 1. The van der Waals surface area contributed by atoms with Crippen LogP contribution in [-0.4, -0.2) is 36.9 Å². The summed E-state index contributed by atoms with van der Waals surface area (Å²) in [4.78, 5) is 10.7. The molecule has 1 N–H and O–H groups in total. The van der Waals surface area contributed by atoms with E-state index in [1.165, 1.54) is 25.1 Å². The van der Waals surface area contributed by atoms with Crippen LogP contribution in [0.2, 0.25) is 10.0 Å². The van der Waals surface area contributed by atoms with Gasteiger partial charge in [0, 0.05) is 18.1 Å². The second-order valence-corrected chi connectivity index (χ2v) is 7.02. The van der Waals surface area contributed by atoms with Gasteiger partial charge in [0.1, 0.15) is 4.90 Å². The highest BCUT2D eigenvalue weighted by atomic mass is 35.5. The van der Waals surface area contributed by atoms with Gasteiger partial charge in [-0.1, -0.05) is 37.0 Å². The molecule has 0 aliphatic heterocycles. The van der Waals surface area contributed by atoms with Gasteiger partial charge in [-0.15, -0.1) is 0 Å². The first-order valence-corrected chi connectivity index (χ1v) is 8.07. The van der Waals surface area contributed by atoms with Crippen LogP contribution in [0.5, 0.6) is 0 Å². The normalized spacial score (nSPS) is 13.4. The standard InChI is InChI=1S/C12H15Cl2NO4S/c1-3-15(7-8(2)12(16)17)20(18,19)11-6-9(13)4-5-10(11)14/h4-6,8H,3,7H2,1-2H3,(H,16,17). The minimum Gasteiger partial charge on any atom is -0.481 e. The summed E-state index contributed by atoms with van der Waals surface area (Å²) in [6, 6.07) is 4.14. The fourth-order valence-electron chi connectivity index (χ4n) is 1.59. The molecule has 1 aromatic rings. The van der Waals surface area contributed by atoms with Crippen LogP contribution in [0.3, 0.4) is 0 Å². The Morgan fingerprint density at radius 1 is 1.40 bits per heavy atom. The lowest BCUT2D eigenvalue weighted by molar-refractivity contribution is -0.141. The summed E-state index contributed by atoms with van der Waals surface area (Å²) in [7, 11) is -3.88. The number of sulfonamides is 1. The zero-order chi connectivity index (χ0) is 15.5. The van der Waals surface area contributed by atoms with Crippen LogP contribution < -0.4 is 0 Å². The van der Waals surface area contributed by atoms with Crippen molar-refractivity contribution in [3.05, 3.63) is 28.2 Å². The molecule has 0 aliphatic rings. The molecule has 1 rings (SSSR count). The molecule has 0 saturated carbocycles. The first-order chi connectivity index (χ1) is 9.20. The van der Waals surface area contributed by atoms with E-state index in [2.05, 4.69) is 0 Å². The van der Waals surface area contributed by atoms with E-state index < -0.39 is 21.9 Å². The smallest absolute Gasteiger partial charge is 0.307 e. The van der Waals surface area contributed by atoms with Gasteiger partial charge in [0.15, 0.2) is 0 Å². The first kappa shape index (κ1) is 17.2. The molecule has 0 amide bonds. The Morgan fingerprint density at radius 3 is 2.50 bits per heavy atom. The van der Waals surface area contributed by atoms with E-state index in [4.69, 9.17) is 28.3 Å². The number of carboxylic acids is 1. The van der Waals surface area contributed by atoms with Crippen LogP contribution in [0, 0.1) is 5.92 Å². The van der Waals surface area contributed by atoms with Gasteiger partial charge in [-0.3, -0.25) is 4.79 Å². The number of carboxylic acid groups (broad SMARTS) is 1. The lowest BCUT2D eigenvalue weighted by atomic mass is 10.2. The van der Waals surface area contributed by atoms with Crippen molar-refractivity contribution in [3.8, 4) is 0 Å². The van der Waals surface area contributed by atoms with Crippen LogP contribution in [0.1, 0.15) is 13.8 Å². The predicted octanol–water partition coefficient (Wildman–Crippen LogP) is 2.72. The summed E-state index contributed by atoms with van der Waals surface area (Å²) in [5, 5.41) is 9.19. The Hall–Kier alpha value is -0.820. The number of benzene rings is 1. The number of nitrogens with zero attached hydrogens (tertiary/aromatic N) is 1. The Kier molecular flexibility index (Phi) is 5.82. The quantitative estimate of drug-likeness (QED) is 0.864. The second-order valence-electron chi connectivity index (χ2n) is 4.27. The third kappa shape index (κ3) is 3.85. The van der Waals surface area contributed by atoms with E-state index in [1.54, 1.807) is 6.92 Å². The Morgan fingerprint density at radius 2 is 2.00 bits per heavy atom. The summed E-state index contributed by atoms with van der Waals surface area (Å²) in [5.41, 5.74) is 0. The third-order valence-electron chi connectivity index (χ3n) is 2.76. The number of carbonyl (C=O) groups is 1. The van der Waals surface area contributed by atoms with Gasteiger partial charge in [-0.2, -0.15) is 4.31 Å². The van der Waals surface area contributed by atoms with Gasteiger partial charge in [0.2, 0.25) is 10.0 Å². The van der Waals surface area contributed by atoms with Crippen molar-refractivity contribution in [1.29, 1.82) is 0 Å². The molecular weight excluding hydrogens is 325 g/mol. The van der Waals surface area contributed by atoms with Crippen molar-refractivity contribution < 1.29 is 18.3 Å². The van der Waals surface area contributed by atoms with Crippen molar-refractivity contribution in [3.63, 3.8) is 0 Å². The fraction of sp³-hybridized carbons (Fsp3) is 0.417. The van der Waals surface area contributed by atoms with E-state index in [9.17, 15) is 13.2 Å². The fourth-order valence-corrected chi connectivity index (χ4v) is 3.87. The molecule has 0 radical (unpaired) electrons. The zero-order valence-corrected chi connectivity index (χ0v) is 13.3. The first-order valence-electron chi connectivity index (χ1n) is 5.88. The molecule has 0 fully saturated rings. The number of rotatable bonds is 6. The maximum Gasteiger partial charge on any atom is 0.307 e. The third-order valence-corrected chi connectivity index (χ3v) is 5.42. The minimum absolute atomic E-state index is 0.0517. The maximum absolute atomic E-state index is 12.5. The second kappa shape index (κ2) is 6.76. The molecule has 0 saturated heterocycles. The molecule has 0 heterocycles. The summed E-state index contributed by atoms with van der Waals surface area (Å²) >= 11 is 11.7. The molecule has 8 heteroatoms. The molecule has 1 aromatic carbocycles. The van der Waals surface area contributed by atoms with Crippen molar-refractivity contribution >= 4 is 39.2 Å². The average Bonchev–Trinajstić information content (AvgIpc) is 2.37. The van der Waals surface area contributed by atoms with Crippen LogP contribution in [0.25, 0.3) is 0 Å². The number of aliphatic carboxylic acids is 1. The predicted molar refractivity (Wildman–Crippen MR) is 77.7 cm³/mol. The molecule has 112 valence electrons. The molecule has 0 bridgehead atoms. The van der Waals surface area contributed by atoms with Crippen molar-refractivity contribution in [2.45, 2.75) is 18.7 Å². The minimum atomic E-state index is -3.88. The van der Waals surface area contributed by atoms with Gasteiger partial charge in [-0.05, 0) is 18.2 Å². The maximum atomic E-state index is 12.5. The van der Waals surface area contributed by atoms with Gasteiger partial charge in [0.05, 0.1) is 10.9 Å². The highest BCUT2D eigenvalue weighted by Gasteiger charge is 2.28. The van der Waals surface area contributed by atoms with Gasteiger partial charge < -0.3 is 5.11 Å². The van der Waals surface area contributed by atoms with Crippen LogP contribution in [0.4, 0.5) is 0 Å². The van der Waals surface area contributed by atoms with E-state index in [1.807, 2.05) is 0 Å². The lowest BCUT2D eigenvalue weighted by Crippen LogP contribution is -2.36. The summed E-state index contributed by atoms with van der Waals surface area (Å²) in [6.45, 7) is 3.09. The number of hydrogen-bond acceptors (Lipinski definition) is 3. The van der Waals surface area contributed by atoms with Gasteiger partial charge in [0.25, 0.3) is 0 Å². The van der Waals surface area contributed by atoms with Crippen LogP contribution >= 0.6 is 23.2 Å². The Labute approximate surface area is 128 Å². The van der Waals surface area contributed by atoms with E-state index in [-0.39, 0.29) is 28.0 Å². The van der Waals surface area contributed by atoms with E-state index in [0.29, 0.717) is 0 Å². The van der Waals surface area contributed by atoms with Crippen LogP contribution in [-0.2, 0) is 14.8 Å². The Bertz CT molecular complexity index is 603. The van der Waals surface area contributed by atoms with Gasteiger partial charge >= 0.3 is 5.97 Å². The van der Waals surface area contributed by atoms with E-state index >= 15 is 0 Å². The molecule has 0 spiro atoms. The van der Waals surface area contributed by atoms with Crippen molar-refractivity contribution in [2.75, 3.05) is 13.1 Å². The average molecular weight is 340 g/mol. The molecule has 1 unspecified atom stereocenters. The summed E-state index contributed by atoms with van der Waals surface area (Å²) in [5.74, 6) is -1.88. The highest BCUT2D eigenvalue weighted by Crippen LogP contribution is 2.28. The topological polar surface area (TPSA) is 74.7 Å². The molecule has 5 nitrogen and oxygen atoms in total. The zero-order valence-electron chi connectivity index (χ0n) is 11.0. The Balaban J connectivity index is 3.18. The van der Waals surface area contributed by atoms with Crippen molar-refractivity contribution in [2.24, 2.45) is 5.92 Å². The van der Waals surface area contributed by atoms with Crippen molar-refractivity contribution in [1.82, 2.24) is 4.31 Å². The summed E-state index contributed by atoms with van der Waals surface area (Å²) in [6.07, 6.45) is 0. The number of halogens is 2. The SMILES string of the molecule is CCN(CC(C)C(=O)O)S(=O)(=O)c1cc(Cl)ccc1Cl. The molecule has 20 heavy (non-hydrogen) atoms. The summed E-state index contributed by atoms with van der Waals surface area (Å²) < 4.78 is 26.0. The van der Waals surface area contributed by atoms with Gasteiger partial charge in [-0.25, -0.2) is 8.42 Å². The van der Waals surface area contributed by atoms with E-state index in [0.717, 1.165) is 4.31 Å². The van der Waals surface area contributed by atoms with Crippen LogP contribution in [0.15, 0.2) is 23.1 Å². The molecule has 0 aliphatic carbocycles. The highest BCUT2D eigenvalue weighted by molar-refractivity contribution is 7.89. The monoisotopic (exact) mass is 339 g/mol. The molecule has 1 atom stereocenters. The molecular formula is C12H15Cl2NO4S. The lowest BCUT2D eigenvalue weighted by Gasteiger charge is -2.23. The molecule has 0 aromatic heterocycles.